The standard InChI is InChI=1S/C12H15F6NO2S/c1-8(20-6-11(13,14)15)4-5-10(9(2)22-19-3)21-7-12(16,17)18/h4-5,19H,1,6-7H2,2-3H3/b5-4-,10-9-. The second-order valence-electron chi connectivity index (χ2n) is 3.83. The van der Waals surface area contributed by atoms with Crippen molar-refractivity contribution in [1.29, 1.82) is 0 Å². The summed E-state index contributed by atoms with van der Waals surface area (Å²) in [5.41, 5.74) is 0. The quantitative estimate of drug-likeness (QED) is 0.305. The first-order valence-corrected chi connectivity index (χ1v) is 6.57. The molecule has 0 aromatic carbocycles. The summed E-state index contributed by atoms with van der Waals surface area (Å²) < 4.78 is 83.8. The normalized spacial score (nSPS) is 14.0. The monoisotopic (exact) mass is 351 g/mol. The van der Waals surface area contributed by atoms with E-state index >= 15 is 0 Å². The molecule has 0 aliphatic carbocycles. The minimum Gasteiger partial charge on any atom is -0.485 e. The third-order valence-electron chi connectivity index (χ3n) is 1.84. The van der Waals surface area contributed by atoms with E-state index in [0.717, 1.165) is 24.1 Å². The van der Waals surface area contributed by atoms with Crippen LogP contribution in [0.4, 0.5) is 26.3 Å². The van der Waals surface area contributed by atoms with Crippen LogP contribution in [-0.2, 0) is 9.47 Å². The van der Waals surface area contributed by atoms with Crippen LogP contribution in [0.1, 0.15) is 6.92 Å². The van der Waals surface area contributed by atoms with E-state index in [9.17, 15) is 26.3 Å². The molecule has 0 aliphatic heterocycles. The van der Waals surface area contributed by atoms with Gasteiger partial charge in [-0.1, -0.05) is 6.58 Å². The summed E-state index contributed by atoms with van der Waals surface area (Å²) in [6.07, 6.45) is -7.01. The maximum Gasteiger partial charge on any atom is 0.422 e. The molecule has 0 saturated carbocycles. The van der Waals surface area contributed by atoms with E-state index in [1.807, 2.05) is 0 Å². The molecule has 128 valence electrons. The van der Waals surface area contributed by atoms with E-state index in [0.29, 0.717) is 4.91 Å². The molecule has 0 heterocycles. The maximum absolute atomic E-state index is 12.2. The average Bonchev–Trinajstić information content (AvgIpc) is 2.34. The Kier molecular flexibility index (Phi) is 8.46. The maximum atomic E-state index is 12.2. The molecule has 22 heavy (non-hydrogen) atoms. The Hall–Kier alpha value is -1.29. The molecular weight excluding hydrogens is 336 g/mol. The highest BCUT2D eigenvalue weighted by Crippen LogP contribution is 2.23. The van der Waals surface area contributed by atoms with E-state index in [1.165, 1.54) is 6.92 Å². The Morgan fingerprint density at radius 1 is 1.05 bits per heavy atom. The predicted octanol–water partition coefficient (Wildman–Crippen LogP) is 4.31. The number of ether oxygens (including phenoxy) is 2. The Bertz CT molecular complexity index is 428. The van der Waals surface area contributed by atoms with Crippen molar-refractivity contribution in [2.45, 2.75) is 19.3 Å². The summed E-state index contributed by atoms with van der Waals surface area (Å²) in [7, 11) is 1.55. The lowest BCUT2D eigenvalue weighted by molar-refractivity contribution is -0.164. The van der Waals surface area contributed by atoms with Crippen molar-refractivity contribution >= 4 is 11.9 Å². The fourth-order valence-corrected chi connectivity index (χ4v) is 1.56. The van der Waals surface area contributed by atoms with Crippen LogP contribution in [0.2, 0.25) is 0 Å². The van der Waals surface area contributed by atoms with E-state index < -0.39 is 25.6 Å². The third-order valence-corrected chi connectivity index (χ3v) is 2.55. The topological polar surface area (TPSA) is 30.5 Å². The number of alkyl halides is 6. The van der Waals surface area contributed by atoms with Gasteiger partial charge in [0.15, 0.2) is 13.2 Å². The van der Waals surface area contributed by atoms with E-state index in [2.05, 4.69) is 20.8 Å². The molecule has 0 atom stereocenters. The predicted molar refractivity (Wildman–Crippen MR) is 71.6 cm³/mol. The van der Waals surface area contributed by atoms with Crippen LogP contribution in [-0.4, -0.2) is 32.6 Å². The highest BCUT2D eigenvalue weighted by atomic mass is 32.2. The molecule has 0 rings (SSSR count). The SMILES string of the molecule is C=C(/C=C\C(OCC(F)(F)F)=C(/C)SNC)OCC(F)(F)F. The van der Waals surface area contributed by atoms with E-state index in [-0.39, 0.29) is 11.5 Å². The number of hydrogen-bond acceptors (Lipinski definition) is 4. The first-order chi connectivity index (χ1) is 9.94. The van der Waals surface area contributed by atoms with Gasteiger partial charge in [0.1, 0.15) is 11.5 Å². The lowest BCUT2D eigenvalue weighted by Gasteiger charge is -2.13. The van der Waals surface area contributed by atoms with E-state index in [4.69, 9.17) is 0 Å². The Morgan fingerprint density at radius 2 is 1.55 bits per heavy atom. The van der Waals surface area contributed by atoms with Crippen molar-refractivity contribution in [3.05, 3.63) is 35.2 Å². The van der Waals surface area contributed by atoms with Gasteiger partial charge >= 0.3 is 12.4 Å². The molecule has 0 spiro atoms. The van der Waals surface area contributed by atoms with Gasteiger partial charge in [-0.05, 0) is 38.1 Å². The lowest BCUT2D eigenvalue weighted by Crippen LogP contribution is -2.17. The van der Waals surface area contributed by atoms with Gasteiger partial charge < -0.3 is 9.47 Å². The number of rotatable bonds is 8. The summed E-state index contributed by atoms with van der Waals surface area (Å²) in [4.78, 5) is 0.353. The summed E-state index contributed by atoms with van der Waals surface area (Å²) in [6, 6.07) is 0. The first-order valence-electron chi connectivity index (χ1n) is 5.75. The number of hydrogen-bond donors (Lipinski definition) is 1. The molecule has 0 aromatic rings. The summed E-state index contributed by atoms with van der Waals surface area (Å²) in [5, 5.41) is 0. The molecule has 0 saturated heterocycles. The van der Waals surface area contributed by atoms with Crippen LogP contribution >= 0.6 is 11.9 Å². The zero-order valence-corrected chi connectivity index (χ0v) is 12.6. The van der Waals surface area contributed by atoms with Crippen LogP contribution in [0.5, 0.6) is 0 Å². The van der Waals surface area contributed by atoms with E-state index in [1.54, 1.807) is 7.05 Å². The van der Waals surface area contributed by atoms with Gasteiger partial charge in [-0.3, -0.25) is 4.72 Å². The average molecular weight is 351 g/mol. The van der Waals surface area contributed by atoms with Gasteiger partial charge in [0, 0.05) is 4.91 Å². The molecule has 1 N–H and O–H groups in total. The summed E-state index contributed by atoms with van der Waals surface area (Å²) in [6.45, 7) is 1.63. The molecule has 0 aromatic heterocycles. The summed E-state index contributed by atoms with van der Waals surface area (Å²) in [5.74, 6) is -0.513. The molecule has 3 nitrogen and oxygen atoms in total. The van der Waals surface area contributed by atoms with Crippen LogP contribution in [0.15, 0.2) is 35.2 Å². The van der Waals surface area contributed by atoms with Crippen molar-refractivity contribution in [2.75, 3.05) is 20.3 Å². The van der Waals surface area contributed by atoms with Crippen LogP contribution in [0.25, 0.3) is 0 Å². The highest BCUT2D eigenvalue weighted by Gasteiger charge is 2.29. The van der Waals surface area contributed by atoms with Crippen LogP contribution in [0, 0.1) is 0 Å². The van der Waals surface area contributed by atoms with Gasteiger partial charge in [-0.2, -0.15) is 26.3 Å². The second kappa shape index (κ2) is 8.99. The van der Waals surface area contributed by atoms with Crippen molar-refractivity contribution in [3.8, 4) is 0 Å². The minimum atomic E-state index is -4.53. The smallest absolute Gasteiger partial charge is 0.422 e. The van der Waals surface area contributed by atoms with Gasteiger partial charge in [0.2, 0.25) is 0 Å². The van der Waals surface area contributed by atoms with Gasteiger partial charge in [0.25, 0.3) is 0 Å². The van der Waals surface area contributed by atoms with Crippen LogP contribution < -0.4 is 4.72 Å². The fraction of sp³-hybridized carbons (Fsp3) is 0.500. The highest BCUT2D eigenvalue weighted by molar-refractivity contribution is 8.01. The number of nitrogens with one attached hydrogen (secondary N) is 1. The molecule has 10 heteroatoms. The van der Waals surface area contributed by atoms with Gasteiger partial charge in [-0.15, -0.1) is 0 Å². The molecule has 0 fully saturated rings. The Labute approximate surface area is 128 Å². The van der Waals surface area contributed by atoms with Crippen molar-refractivity contribution in [1.82, 2.24) is 4.72 Å². The largest absolute Gasteiger partial charge is 0.485 e. The van der Waals surface area contributed by atoms with Crippen molar-refractivity contribution < 1.29 is 35.8 Å². The van der Waals surface area contributed by atoms with Gasteiger partial charge in [-0.25, -0.2) is 0 Å². The Morgan fingerprint density at radius 3 is 2.00 bits per heavy atom. The second-order valence-corrected chi connectivity index (χ2v) is 5.06. The number of allylic oxidation sites excluding steroid dienone is 3. The molecule has 0 aliphatic rings. The molecule has 0 amide bonds. The Balaban J connectivity index is 4.80. The van der Waals surface area contributed by atoms with Crippen molar-refractivity contribution in [2.24, 2.45) is 0 Å². The fourth-order valence-electron chi connectivity index (χ4n) is 1.02. The van der Waals surface area contributed by atoms with Crippen LogP contribution in [0.3, 0.4) is 0 Å². The molecule has 0 unspecified atom stereocenters. The lowest BCUT2D eigenvalue weighted by atomic mass is 10.3. The molecule has 0 bridgehead atoms. The number of halogens is 6. The minimum absolute atomic E-state index is 0.159. The van der Waals surface area contributed by atoms with Crippen molar-refractivity contribution in [3.63, 3.8) is 0 Å². The first kappa shape index (κ1) is 20.7. The molecular formula is C12H15F6NO2S. The van der Waals surface area contributed by atoms with Gasteiger partial charge in [0.05, 0.1) is 0 Å². The zero-order valence-electron chi connectivity index (χ0n) is 11.8. The zero-order chi connectivity index (χ0) is 17.4. The third kappa shape index (κ3) is 11.4. The molecule has 0 radical (unpaired) electrons. The summed E-state index contributed by atoms with van der Waals surface area (Å²) >= 11 is 0.995.